The molecule has 8 heteroatoms. The quantitative estimate of drug-likeness (QED) is 0.264. The number of phenols is 1. The van der Waals surface area contributed by atoms with Crippen molar-refractivity contribution in [2.45, 2.75) is 0 Å². The topological polar surface area (TPSA) is 98.0 Å². The highest BCUT2D eigenvalue weighted by Gasteiger charge is 2.23. The molecule has 0 aliphatic carbocycles. The summed E-state index contributed by atoms with van der Waals surface area (Å²) in [6.07, 6.45) is 2.66. The zero-order valence-electron chi connectivity index (χ0n) is 17.5. The lowest BCUT2D eigenvalue weighted by molar-refractivity contribution is -0.114. The molecule has 0 atom stereocenters. The number of rotatable bonds is 7. The lowest BCUT2D eigenvalue weighted by Crippen LogP contribution is -2.28. The van der Waals surface area contributed by atoms with Crippen molar-refractivity contribution in [2.24, 2.45) is 4.99 Å². The number of aromatic hydroxyl groups is 1. The van der Waals surface area contributed by atoms with Crippen LogP contribution in [0.15, 0.2) is 89.2 Å². The molecule has 4 rings (SSSR count). The molecule has 1 aliphatic heterocycles. The average Bonchev–Trinajstić information content (AvgIpc) is 3.36. The summed E-state index contributed by atoms with van der Waals surface area (Å²) >= 11 is 5.93. The van der Waals surface area contributed by atoms with E-state index in [1.54, 1.807) is 71.9 Å². The third-order valence-corrected chi connectivity index (χ3v) is 5.22. The van der Waals surface area contributed by atoms with E-state index in [-0.39, 0.29) is 17.2 Å². The molecule has 0 unspecified atom stereocenters. The Morgan fingerprint density at radius 3 is 2.45 bits per heavy atom. The Labute approximate surface area is 196 Å². The molecule has 3 aromatic rings. The van der Waals surface area contributed by atoms with Crippen molar-refractivity contribution in [3.63, 3.8) is 0 Å². The zero-order chi connectivity index (χ0) is 23.2. The van der Waals surface area contributed by atoms with E-state index in [0.29, 0.717) is 35.1 Å². The van der Waals surface area contributed by atoms with Gasteiger partial charge in [0.25, 0.3) is 5.91 Å². The highest BCUT2D eigenvalue weighted by Crippen LogP contribution is 2.30. The highest BCUT2D eigenvalue weighted by molar-refractivity contribution is 6.30. The van der Waals surface area contributed by atoms with Crippen LogP contribution in [0.2, 0.25) is 5.02 Å². The summed E-state index contributed by atoms with van der Waals surface area (Å²) in [7, 11) is 0. The van der Waals surface area contributed by atoms with Crippen molar-refractivity contribution in [2.75, 3.05) is 18.4 Å². The predicted octanol–water partition coefficient (Wildman–Crippen LogP) is 4.94. The largest absolute Gasteiger partial charge is 0.507 e. The molecule has 1 heterocycles. The Balaban J connectivity index is 1.64. The Kier molecular flexibility index (Phi) is 6.71. The molecule has 0 radical (unpaired) electrons. The first-order valence-corrected chi connectivity index (χ1v) is 10.6. The minimum absolute atomic E-state index is 0.0383. The molecular formula is C25H21ClN4O3. The van der Waals surface area contributed by atoms with E-state index < -0.39 is 5.91 Å². The van der Waals surface area contributed by atoms with Crippen molar-refractivity contribution in [1.29, 1.82) is 5.41 Å². The van der Waals surface area contributed by atoms with Crippen LogP contribution in [-0.2, 0) is 4.79 Å². The molecular weight excluding hydrogens is 440 g/mol. The standard InChI is InChI=1S/C25H21ClN4O3/c26-18-7-9-19(10-8-18)29-25(32)24(22(15-27)30-14-13-28-16-30)33-20-11-5-17(6-12-20)21-3-1-2-4-23(21)31/h1-12,15-16,27,31H,13-14H2,(H,29,32)/b24-22-,27-15?. The minimum atomic E-state index is -0.513. The molecule has 1 aliphatic rings. The Morgan fingerprint density at radius 2 is 1.82 bits per heavy atom. The summed E-state index contributed by atoms with van der Waals surface area (Å²) in [6, 6.07) is 20.7. The zero-order valence-corrected chi connectivity index (χ0v) is 18.3. The monoisotopic (exact) mass is 460 g/mol. The van der Waals surface area contributed by atoms with Gasteiger partial charge in [-0.3, -0.25) is 9.79 Å². The first-order valence-electron chi connectivity index (χ1n) is 10.2. The molecule has 7 nitrogen and oxygen atoms in total. The number of carbonyl (C=O) groups excluding carboxylic acids is 1. The van der Waals surface area contributed by atoms with Gasteiger partial charge < -0.3 is 25.5 Å². The van der Waals surface area contributed by atoms with E-state index in [1.165, 1.54) is 0 Å². The third-order valence-electron chi connectivity index (χ3n) is 4.97. The number of benzene rings is 3. The number of halogens is 1. The molecule has 0 saturated carbocycles. The van der Waals surface area contributed by atoms with E-state index in [9.17, 15) is 9.90 Å². The number of hydrogen-bond acceptors (Lipinski definition) is 6. The molecule has 0 aromatic heterocycles. The van der Waals surface area contributed by atoms with Gasteiger partial charge in [0.1, 0.15) is 17.2 Å². The van der Waals surface area contributed by atoms with E-state index in [2.05, 4.69) is 10.3 Å². The second-order valence-corrected chi connectivity index (χ2v) is 7.61. The Hall–Kier alpha value is -4.10. The van der Waals surface area contributed by atoms with Crippen molar-refractivity contribution in [1.82, 2.24) is 4.90 Å². The van der Waals surface area contributed by atoms with E-state index >= 15 is 0 Å². The van der Waals surface area contributed by atoms with E-state index in [0.717, 1.165) is 11.8 Å². The van der Waals surface area contributed by atoms with Crippen LogP contribution in [0.5, 0.6) is 11.5 Å². The molecule has 0 fully saturated rings. The summed E-state index contributed by atoms with van der Waals surface area (Å²) in [4.78, 5) is 19.0. The number of para-hydroxylation sites is 1. The molecule has 0 spiro atoms. The minimum Gasteiger partial charge on any atom is -0.507 e. The number of aliphatic imine (C=N–C) groups is 1. The number of allylic oxidation sites excluding steroid dienone is 1. The van der Waals surface area contributed by atoms with Gasteiger partial charge in [-0.05, 0) is 48.0 Å². The van der Waals surface area contributed by atoms with Crippen LogP contribution in [-0.4, -0.2) is 41.6 Å². The van der Waals surface area contributed by atoms with Crippen molar-refractivity contribution in [3.8, 4) is 22.6 Å². The van der Waals surface area contributed by atoms with Gasteiger partial charge >= 0.3 is 0 Å². The van der Waals surface area contributed by atoms with Gasteiger partial charge in [0.2, 0.25) is 5.76 Å². The number of ether oxygens (including phenoxy) is 1. The maximum absolute atomic E-state index is 13.2. The van der Waals surface area contributed by atoms with Crippen LogP contribution in [0.25, 0.3) is 11.1 Å². The summed E-state index contributed by atoms with van der Waals surface area (Å²) in [5, 5.41) is 21.3. The molecule has 1 amide bonds. The van der Waals surface area contributed by atoms with Crippen LogP contribution < -0.4 is 10.1 Å². The van der Waals surface area contributed by atoms with Crippen LogP contribution in [0.1, 0.15) is 0 Å². The second-order valence-electron chi connectivity index (χ2n) is 7.18. The number of anilines is 1. The third kappa shape index (κ3) is 5.22. The second kappa shape index (κ2) is 10.0. The van der Waals surface area contributed by atoms with Crippen LogP contribution in [0.3, 0.4) is 0 Å². The summed E-state index contributed by atoms with van der Waals surface area (Å²) < 4.78 is 5.98. The highest BCUT2D eigenvalue weighted by atomic mass is 35.5. The lowest BCUT2D eigenvalue weighted by Gasteiger charge is -2.19. The Bertz CT molecular complexity index is 1220. The number of amides is 1. The smallest absolute Gasteiger partial charge is 0.293 e. The first kappa shape index (κ1) is 22.1. The first-order chi connectivity index (χ1) is 16.0. The molecule has 3 N–H and O–H groups in total. The summed E-state index contributed by atoms with van der Waals surface area (Å²) in [5.74, 6) is 0.0314. The summed E-state index contributed by atoms with van der Waals surface area (Å²) in [6.45, 7) is 1.11. The molecule has 0 saturated heterocycles. The molecule has 0 bridgehead atoms. The fraction of sp³-hybridized carbons (Fsp3) is 0.0800. The SMILES string of the molecule is N=C/C(=C(/Oc1ccc(-c2ccccc2O)cc1)C(=O)Nc1ccc(Cl)cc1)N1C=NCC1. The fourth-order valence-corrected chi connectivity index (χ4v) is 3.44. The van der Waals surface area contributed by atoms with Gasteiger partial charge in [-0.25, -0.2) is 0 Å². The number of hydrogen-bond donors (Lipinski definition) is 3. The number of carbonyl (C=O) groups is 1. The van der Waals surface area contributed by atoms with Crippen molar-refractivity contribution < 1.29 is 14.6 Å². The number of phenolic OH excluding ortho intramolecular Hbond substituents is 1. The molecule has 3 aromatic carbocycles. The van der Waals surface area contributed by atoms with E-state index in [4.69, 9.17) is 21.7 Å². The van der Waals surface area contributed by atoms with Gasteiger partial charge in [-0.1, -0.05) is 41.9 Å². The fourth-order valence-electron chi connectivity index (χ4n) is 3.32. The van der Waals surface area contributed by atoms with Gasteiger partial charge in [-0.2, -0.15) is 0 Å². The van der Waals surface area contributed by atoms with Gasteiger partial charge in [-0.15, -0.1) is 0 Å². The van der Waals surface area contributed by atoms with Gasteiger partial charge in [0.05, 0.1) is 12.9 Å². The number of nitrogens with one attached hydrogen (secondary N) is 2. The average molecular weight is 461 g/mol. The lowest BCUT2D eigenvalue weighted by atomic mass is 10.0. The van der Waals surface area contributed by atoms with Crippen LogP contribution >= 0.6 is 11.6 Å². The maximum Gasteiger partial charge on any atom is 0.293 e. The Morgan fingerprint density at radius 1 is 1.09 bits per heavy atom. The van der Waals surface area contributed by atoms with Crippen LogP contribution in [0.4, 0.5) is 5.69 Å². The molecule has 33 heavy (non-hydrogen) atoms. The van der Waals surface area contributed by atoms with Gasteiger partial charge in [0.15, 0.2) is 0 Å². The predicted molar refractivity (Wildman–Crippen MR) is 130 cm³/mol. The molecule has 166 valence electrons. The number of nitrogens with zero attached hydrogens (tertiary/aromatic N) is 2. The van der Waals surface area contributed by atoms with Crippen LogP contribution in [0, 0.1) is 5.41 Å². The van der Waals surface area contributed by atoms with Gasteiger partial charge in [0, 0.05) is 29.0 Å². The van der Waals surface area contributed by atoms with E-state index in [1.807, 2.05) is 12.1 Å². The summed E-state index contributed by atoms with van der Waals surface area (Å²) in [5.41, 5.74) is 2.32. The van der Waals surface area contributed by atoms with Crippen molar-refractivity contribution >= 4 is 35.7 Å². The van der Waals surface area contributed by atoms with Crippen molar-refractivity contribution in [3.05, 3.63) is 89.3 Å². The maximum atomic E-state index is 13.2. The normalized spacial score (nSPS) is 13.4.